The molecule has 1 aromatic rings. The molecule has 4 heterocycles. The molecule has 218 valence electrons. The van der Waals surface area contributed by atoms with Crippen molar-refractivity contribution in [1.29, 1.82) is 0 Å². The Kier molecular flexibility index (Phi) is 10.7. The Morgan fingerprint density at radius 2 is 1.85 bits per heavy atom. The van der Waals surface area contributed by atoms with Crippen LogP contribution in [0.5, 0.6) is 0 Å². The maximum Gasteiger partial charge on any atom is 1.00 e. The molecule has 3 saturated heterocycles. The van der Waals surface area contributed by atoms with Gasteiger partial charge in [0.15, 0.2) is 10.3 Å². The molecule has 2 N–H and O–H groups in total. The number of carbonyl (C=O) groups is 6. The summed E-state index contributed by atoms with van der Waals surface area (Å²) in [7, 11) is -4.10. The van der Waals surface area contributed by atoms with E-state index >= 15 is 0 Å². The van der Waals surface area contributed by atoms with Crippen LogP contribution < -0.4 is 40.2 Å². The van der Waals surface area contributed by atoms with Crippen molar-refractivity contribution < 1.29 is 76.0 Å². The van der Waals surface area contributed by atoms with Crippen molar-refractivity contribution in [2.75, 3.05) is 33.3 Å². The minimum atomic E-state index is -5.12. The van der Waals surface area contributed by atoms with Gasteiger partial charge in [0.2, 0.25) is 17.4 Å². The molecule has 3 fully saturated rings. The molecular formula is C23H28N5NaO10S2. The van der Waals surface area contributed by atoms with Crippen LogP contribution in [0.4, 0.5) is 4.79 Å². The fourth-order valence-corrected chi connectivity index (χ4v) is 6.28. The molecule has 6 amide bonds. The Bertz CT molecular complexity index is 1320. The number of nitrogens with zero attached hydrogens (tertiary/aromatic N) is 3. The average molecular weight is 622 g/mol. The number of amides is 6. The number of rotatable bonds is 8. The topological polar surface area (TPSA) is 203 Å². The van der Waals surface area contributed by atoms with E-state index in [1.54, 1.807) is 16.3 Å². The van der Waals surface area contributed by atoms with E-state index in [0.717, 1.165) is 37.7 Å². The van der Waals surface area contributed by atoms with E-state index in [1.807, 2.05) is 0 Å². The van der Waals surface area contributed by atoms with Gasteiger partial charge in [0.05, 0.1) is 6.54 Å². The van der Waals surface area contributed by atoms with Crippen molar-refractivity contribution in [2.24, 2.45) is 5.92 Å². The summed E-state index contributed by atoms with van der Waals surface area (Å²) in [5.41, 5.74) is -2.15. The minimum Gasteiger partial charge on any atom is -0.731 e. The molecule has 41 heavy (non-hydrogen) atoms. The number of hydrogen-bond donors (Lipinski definition) is 2. The number of methoxy groups -OCH3 is 1. The monoisotopic (exact) mass is 621 g/mol. The molecular weight excluding hydrogens is 593 g/mol. The predicted molar refractivity (Wildman–Crippen MR) is 135 cm³/mol. The van der Waals surface area contributed by atoms with E-state index in [2.05, 4.69) is 10.6 Å². The zero-order valence-corrected chi connectivity index (χ0v) is 26.1. The molecule has 4 rings (SSSR count). The van der Waals surface area contributed by atoms with Crippen LogP contribution in [0, 0.1) is 5.92 Å². The quantitative estimate of drug-likeness (QED) is 0.0949. The van der Waals surface area contributed by atoms with Gasteiger partial charge < -0.3 is 24.8 Å². The van der Waals surface area contributed by atoms with Crippen molar-refractivity contribution in [3.05, 3.63) is 22.4 Å². The third-order valence-electron chi connectivity index (χ3n) is 7.14. The number of imide groups is 1. The van der Waals surface area contributed by atoms with Crippen LogP contribution in [0.2, 0.25) is 0 Å². The summed E-state index contributed by atoms with van der Waals surface area (Å²) in [6.07, 6.45) is 2.75. The van der Waals surface area contributed by atoms with Crippen molar-refractivity contribution in [3.63, 3.8) is 0 Å². The Balaban J connectivity index is 0.00000462. The van der Waals surface area contributed by atoms with E-state index in [0.29, 0.717) is 18.0 Å². The van der Waals surface area contributed by atoms with Gasteiger partial charge in [0, 0.05) is 44.0 Å². The fourth-order valence-electron chi connectivity index (χ4n) is 4.82. The van der Waals surface area contributed by atoms with Gasteiger partial charge in [0.25, 0.3) is 17.7 Å². The van der Waals surface area contributed by atoms with Crippen molar-refractivity contribution >= 4 is 57.1 Å². The maximum absolute atomic E-state index is 13.2. The number of ketones is 1. The molecule has 0 bridgehead atoms. The smallest absolute Gasteiger partial charge is 0.731 e. The number of likely N-dealkylation sites (tertiary alicyclic amines) is 2. The van der Waals surface area contributed by atoms with Crippen molar-refractivity contribution in [2.45, 2.75) is 43.9 Å². The number of ether oxygens (including phenoxy) is 1. The third kappa shape index (κ3) is 6.98. The number of thiophene rings is 1. The second-order valence-electron chi connectivity index (χ2n) is 9.64. The molecule has 15 nitrogen and oxygen atoms in total. The fraction of sp³-hybridized carbons (Fsp3) is 0.565. The molecule has 0 saturated carbocycles. The summed E-state index contributed by atoms with van der Waals surface area (Å²) >= 11 is 1.06. The predicted octanol–water partition coefficient (Wildman–Crippen LogP) is -3.92. The van der Waals surface area contributed by atoms with Crippen molar-refractivity contribution in [3.8, 4) is 0 Å². The zero-order chi connectivity index (χ0) is 29.2. The first-order chi connectivity index (χ1) is 18.9. The first-order valence-corrected chi connectivity index (χ1v) is 14.7. The average Bonchev–Trinajstić information content (AvgIpc) is 3.46. The van der Waals surface area contributed by atoms with Gasteiger partial charge in [-0.15, -0.1) is 11.3 Å². The SMILES string of the molecule is COC1(NC(=O)C(NC(=O)N2CCC(CC(=O)N3CCCCC3)C(=O)C2=O)c2cccs2)CN(S(=O)(=O)[O-])C1=O.[Na+]. The Morgan fingerprint density at radius 3 is 2.41 bits per heavy atom. The second kappa shape index (κ2) is 13.3. The third-order valence-corrected chi connectivity index (χ3v) is 8.91. The normalized spacial score (nSPS) is 23.8. The van der Waals surface area contributed by atoms with Crippen LogP contribution in [0.3, 0.4) is 0 Å². The van der Waals surface area contributed by atoms with E-state index in [9.17, 15) is 41.7 Å². The summed E-state index contributed by atoms with van der Waals surface area (Å²) in [5, 5.41) is 6.21. The second-order valence-corrected chi connectivity index (χ2v) is 11.9. The maximum atomic E-state index is 13.2. The van der Waals surface area contributed by atoms with Crippen LogP contribution in [0.15, 0.2) is 17.5 Å². The van der Waals surface area contributed by atoms with E-state index in [1.165, 1.54) is 6.07 Å². The summed E-state index contributed by atoms with van der Waals surface area (Å²) in [6.45, 7) is 0.274. The molecule has 0 aromatic carbocycles. The van der Waals surface area contributed by atoms with Crippen LogP contribution in [-0.4, -0.2) is 102 Å². The van der Waals surface area contributed by atoms with Gasteiger partial charge in [-0.2, -0.15) is 0 Å². The first-order valence-electron chi connectivity index (χ1n) is 12.5. The molecule has 3 aliphatic heterocycles. The first kappa shape index (κ1) is 33.1. The molecule has 0 radical (unpaired) electrons. The molecule has 0 aliphatic carbocycles. The number of urea groups is 1. The van der Waals surface area contributed by atoms with E-state index < -0.39 is 64.1 Å². The van der Waals surface area contributed by atoms with Crippen molar-refractivity contribution in [1.82, 2.24) is 24.7 Å². The van der Waals surface area contributed by atoms with E-state index in [-0.39, 0.29) is 64.0 Å². The van der Waals surface area contributed by atoms with E-state index in [4.69, 9.17) is 4.74 Å². The summed E-state index contributed by atoms with van der Waals surface area (Å²) < 4.78 is 38.6. The minimum absolute atomic E-state index is 0. The summed E-state index contributed by atoms with van der Waals surface area (Å²) in [6, 6.07) is 0.560. The summed E-state index contributed by atoms with van der Waals surface area (Å²) in [4.78, 5) is 79.4. The Morgan fingerprint density at radius 1 is 1.17 bits per heavy atom. The molecule has 3 unspecified atom stereocenters. The molecule has 1 aromatic heterocycles. The van der Waals surface area contributed by atoms with Gasteiger partial charge in [-0.1, -0.05) is 6.07 Å². The zero-order valence-electron chi connectivity index (χ0n) is 22.5. The van der Waals surface area contributed by atoms with Crippen LogP contribution in [0.25, 0.3) is 0 Å². The number of β-lactam (4-membered cyclic amide) rings is 1. The van der Waals surface area contributed by atoms with Gasteiger partial charge in [0.1, 0.15) is 6.04 Å². The molecule has 18 heteroatoms. The molecule has 3 aliphatic rings. The summed E-state index contributed by atoms with van der Waals surface area (Å²) in [5.74, 6) is -5.34. The van der Waals surface area contributed by atoms with Crippen LogP contribution >= 0.6 is 11.3 Å². The molecule has 0 spiro atoms. The van der Waals surface area contributed by atoms with Gasteiger partial charge in [-0.3, -0.25) is 28.9 Å². The number of carbonyl (C=O) groups excluding carboxylic acids is 6. The van der Waals surface area contributed by atoms with Gasteiger partial charge in [-0.05, 0) is 37.1 Å². The van der Waals surface area contributed by atoms with Crippen LogP contribution in [0.1, 0.15) is 43.0 Å². The Labute approximate surface area is 262 Å². The Hall–Kier alpha value is -2.41. The van der Waals surface area contributed by atoms with Gasteiger partial charge >= 0.3 is 35.6 Å². The number of hydrogen-bond acceptors (Lipinski definition) is 11. The van der Waals surface area contributed by atoms with Gasteiger partial charge in [-0.25, -0.2) is 17.5 Å². The number of nitrogens with one attached hydrogen (secondary N) is 2. The number of piperidine rings is 2. The molecule has 3 atom stereocenters. The largest absolute Gasteiger partial charge is 1.00 e. The number of Topliss-reactive ketones (excluding diaryl/α,β-unsaturated/α-hetero) is 1. The van der Waals surface area contributed by atoms with Crippen LogP contribution in [-0.2, 0) is 39.0 Å². The standard InChI is InChI=1S/C23H29N5O10S2.Na/c1-38-23(13-28(21(23)33)40(35,36)37)25-19(31)17(15-6-5-11-39-15)24-22(34)27-10-7-14(18(30)20(27)32)12-16(29)26-8-3-2-4-9-26;/h5-6,11,14,17H,2-4,7-10,12-13H2,1H3,(H,24,34)(H,25,31)(H,35,36,37);/q;+1/p-1.